The third-order valence-electron chi connectivity index (χ3n) is 3.93. The van der Waals surface area contributed by atoms with E-state index < -0.39 is 29.9 Å². The highest BCUT2D eigenvalue weighted by atomic mass is 28.4. The lowest BCUT2D eigenvalue weighted by Gasteiger charge is -2.48. The fourth-order valence-electron chi connectivity index (χ4n) is 2.99. The molecule has 2 N–H and O–H groups in total. The van der Waals surface area contributed by atoms with Crippen LogP contribution in [0.25, 0.3) is 0 Å². The van der Waals surface area contributed by atoms with E-state index in [-0.39, 0.29) is 5.91 Å². The van der Waals surface area contributed by atoms with Crippen molar-refractivity contribution >= 4 is 30.6 Å². The molecule has 0 aromatic rings. The zero-order chi connectivity index (χ0) is 17.8. The van der Waals surface area contributed by atoms with Crippen molar-refractivity contribution in [1.82, 2.24) is 0 Å². The van der Waals surface area contributed by atoms with E-state index in [9.17, 15) is 4.79 Å². The molecular formula is C15H37NO3Si3. The summed E-state index contributed by atoms with van der Waals surface area (Å²) in [5, 5.41) is -0.817. The third kappa shape index (κ3) is 5.92. The lowest BCUT2D eigenvalue weighted by Crippen LogP contribution is -2.68. The van der Waals surface area contributed by atoms with Crippen LogP contribution in [-0.4, -0.2) is 42.4 Å². The molecule has 0 aliphatic heterocycles. The average molecular weight is 364 g/mol. The average Bonchev–Trinajstić information content (AvgIpc) is 2.24. The van der Waals surface area contributed by atoms with Crippen molar-refractivity contribution in [2.45, 2.75) is 83.4 Å². The summed E-state index contributed by atoms with van der Waals surface area (Å²) in [5.74, 6) is -0.288. The maximum absolute atomic E-state index is 12.6. The van der Waals surface area contributed by atoms with Gasteiger partial charge in [0.15, 0.2) is 0 Å². The molecule has 0 aromatic heterocycles. The molecule has 0 aromatic carbocycles. The van der Waals surface area contributed by atoms with Crippen LogP contribution in [-0.2, 0) is 13.6 Å². The molecule has 4 nitrogen and oxygen atoms in total. The van der Waals surface area contributed by atoms with E-state index in [1.54, 1.807) is 0 Å². The zero-order valence-electron chi connectivity index (χ0n) is 16.1. The van der Waals surface area contributed by atoms with E-state index in [0.29, 0.717) is 6.61 Å². The van der Waals surface area contributed by atoms with E-state index in [1.165, 1.54) is 0 Å². The normalized spacial score (nSPS) is 18.6. The standard InChI is InChI=1S/C15H37NO3Si3/c1-10-12-22(9,18-11-2)19-15(14(16)17,21(6,7)8)13-20(3,4)5/h10-13H2,1-9H3,(H2,16,17). The molecule has 132 valence electrons. The van der Waals surface area contributed by atoms with Crippen LogP contribution in [0.15, 0.2) is 0 Å². The number of nitrogens with two attached hydrogens (primary N) is 1. The first-order valence-corrected chi connectivity index (χ1v) is 18.1. The van der Waals surface area contributed by atoms with Crippen molar-refractivity contribution in [2.24, 2.45) is 5.73 Å². The quantitative estimate of drug-likeness (QED) is 0.598. The summed E-state index contributed by atoms with van der Waals surface area (Å²) in [6.07, 6.45) is 0.996. The van der Waals surface area contributed by atoms with Crippen LogP contribution in [0.5, 0.6) is 0 Å². The molecule has 1 amide bonds. The highest BCUT2D eigenvalue weighted by molar-refractivity contribution is 6.87. The molecular weight excluding hydrogens is 326 g/mol. The van der Waals surface area contributed by atoms with Gasteiger partial charge in [0.25, 0.3) is 0 Å². The number of carbonyl (C=O) groups is 1. The number of rotatable bonds is 10. The van der Waals surface area contributed by atoms with Gasteiger partial charge in [0.05, 0.1) is 8.07 Å². The van der Waals surface area contributed by atoms with Crippen LogP contribution in [0.3, 0.4) is 0 Å². The summed E-state index contributed by atoms with van der Waals surface area (Å²) in [5.41, 5.74) is 5.92. The lowest BCUT2D eigenvalue weighted by molar-refractivity contribution is -0.128. The van der Waals surface area contributed by atoms with Crippen LogP contribution in [0.1, 0.15) is 20.3 Å². The monoisotopic (exact) mass is 363 g/mol. The molecule has 7 heteroatoms. The highest BCUT2D eigenvalue weighted by Crippen LogP contribution is 2.37. The van der Waals surface area contributed by atoms with Gasteiger partial charge in [0.1, 0.15) is 5.22 Å². The maximum atomic E-state index is 12.6. The Balaban J connectivity index is 5.89. The Kier molecular flexibility index (Phi) is 7.76. The van der Waals surface area contributed by atoms with Crippen molar-refractivity contribution in [1.29, 1.82) is 0 Å². The van der Waals surface area contributed by atoms with Gasteiger partial charge in [-0.25, -0.2) is 0 Å². The smallest absolute Gasteiger partial charge is 0.335 e. The van der Waals surface area contributed by atoms with Crippen LogP contribution in [0.2, 0.25) is 57.9 Å². The Morgan fingerprint density at radius 1 is 1.05 bits per heavy atom. The van der Waals surface area contributed by atoms with Gasteiger partial charge in [0.2, 0.25) is 5.91 Å². The van der Waals surface area contributed by atoms with E-state index >= 15 is 0 Å². The lowest BCUT2D eigenvalue weighted by atomic mass is 10.4. The Morgan fingerprint density at radius 2 is 1.55 bits per heavy atom. The largest absolute Gasteiger partial charge is 0.395 e. The molecule has 0 aliphatic carbocycles. The van der Waals surface area contributed by atoms with Gasteiger partial charge in [-0.2, -0.15) is 0 Å². The summed E-state index contributed by atoms with van der Waals surface area (Å²) < 4.78 is 12.7. The molecule has 0 bridgehead atoms. The van der Waals surface area contributed by atoms with Crippen molar-refractivity contribution in [3.8, 4) is 0 Å². The number of carbonyl (C=O) groups excluding carboxylic acids is 1. The number of hydrogen-bond acceptors (Lipinski definition) is 3. The second-order valence-electron chi connectivity index (χ2n) is 8.60. The molecule has 0 saturated heterocycles. The van der Waals surface area contributed by atoms with Crippen LogP contribution >= 0.6 is 0 Å². The van der Waals surface area contributed by atoms with Gasteiger partial charge in [-0.3, -0.25) is 4.79 Å². The van der Waals surface area contributed by atoms with Crippen molar-refractivity contribution in [3.63, 3.8) is 0 Å². The molecule has 0 aliphatic rings. The second kappa shape index (κ2) is 7.74. The Hall–Kier alpha value is 0.0406. The maximum Gasteiger partial charge on any atom is 0.335 e. The molecule has 0 rings (SSSR count). The Morgan fingerprint density at radius 3 is 1.82 bits per heavy atom. The molecule has 0 heterocycles. The van der Waals surface area contributed by atoms with Crippen molar-refractivity contribution in [3.05, 3.63) is 0 Å². The van der Waals surface area contributed by atoms with Gasteiger partial charge in [-0.05, 0) is 25.6 Å². The highest BCUT2D eigenvalue weighted by Gasteiger charge is 2.55. The van der Waals surface area contributed by atoms with E-state index in [4.69, 9.17) is 14.6 Å². The van der Waals surface area contributed by atoms with Gasteiger partial charge in [0, 0.05) is 14.7 Å². The first-order valence-electron chi connectivity index (χ1n) is 8.37. The minimum absolute atomic E-state index is 0.288. The predicted octanol–water partition coefficient (Wildman–Crippen LogP) is 3.96. The zero-order valence-corrected chi connectivity index (χ0v) is 19.1. The van der Waals surface area contributed by atoms with Crippen LogP contribution < -0.4 is 5.73 Å². The summed E-state index contributed by atoms with van der Waals surface area (Å²) in [4.78, 5) is 12.6. The van der Waals surface area contributed by atoms with Gasteiger partial charge >= 0.3 is 8.56 Å². The Labute approximate surface area is 140 Å². The third-order valence-corrected chi connectivity index (χ3v) is 12.1. The number of amides is 1. The molecule has 0 radical (unpaired) electrons. The van der Waals surface area contributed by atoms with Crippen molar-refractivity contribution in [2.75, 3.05) is 6.61 Å². The summed E-state index contributed by atoms with van der Waals surface area (Å²) >= 11 is 0. The molecule has 0 fully saturated rings. The van der Waals surface area contributed by atoms with Crippen molar-refractivity contribution < 1.29 is 13.6 Å². The first-order chi connectivity index (χ1) is 9.73. The van der Waals surface area contributed by atoms with Gasteiger partial charge < -0.3 is 14.6 Å². The van der Waals surface area contributed by atoms with E-state index in [0.717, 1.165) is 18.5 Å². The summed E-state index contributed by atoms with van der Waals surface area (Å²) in [6.45, 7) is 20.2. The molecule has 2 unspecified atom stereocenters. The molecule has 22 heavy (non-hydrogen) atoms. The minimum Gasteiger partial charge on any atom is -0.395 e. The van der Waals surface area contributed by atoms with Crippen LogP contribution in [0, 0.1) is 0 Å². The minimum atomic E-state index is -2.40. The van der Waals surface area contributed by atoms with E-state index in [1.807, 2.05) is 6.92 Å². The van der Waals surface area contributed by atoms with E-state index in [2.05, 4.69) is 52.8 Å². The first kappa shape index (κ1) is 22.0. The number of hydrogen-bond donors (Lipinski definition) is 1. The summed E-state index contributed by atoms with van der Waals surface area (Å²) in [6, 6.07) is 1.68. The second-order valence-corrected chi connectivity index (χ2v) is 22.6. The fourth-order valence-corrected chi connectivity index (χ4v) is 13.9. The molecule has 0 saturated carbocycles. The molecule has 0 spiro atoms. The van der Waals surface area contributed by atoms with Crippen LogP contribution in [0.4, 0.5) is 0 Å². The summed E-state index contributed by atoms with van der Waals surface area (Å²) in [7, 11) is -5.92. The topological polar surface area (TPSA) is 61.6 Å². The van der Waals surface area contributed by atoms with Gasteiger partial charge in [-0.15, -0.1) is 0 Å². The predicted molar refractivity (Wildman–Crippen MR) is 103 cm³/mol. The molecule has 2 atom stereocenters. The fraction of sp³-hybridized carbons (Fsp3) is 0.933. The Bertz CT molecular complexity index is 371. The van der Waals surface area contributed by atoms with Gasteiger partial charge in [-0.1, -0.05) is 52.6 Å². The SMILES string of the molecule is CCC[Si](C)(OCC)OC(C[Si](C)(C)C)(C(N)=O)[Si](C)(C)C. The number of primary amides is 1.